The molecule has 1 aromatic rings. The first-order valence-corrected chi connectivity index (χ1v) is 4.64. The summed E-state index contributed by atoms with van der Waals surface area (Å²) < 4.78 is 24.4. The van der Waals surface area contributed by atoms with E-state index in [1.165, 1.54) is 14.1 Å². The Balaban J connectivity index is 3.12. The lowest BCUT2D eigenvalue weighted by atomic mass is 10.4. The second kappa shape index (κ2) is 5.32. The normalized spacial score (nSPS) is 10.4. The Morgan fingerprint density at radius 2 is 2.29 bits per heavy atom. The Morgan fingerprint density at radius 3 is 2.76 bits per heavy atom. The van der Waals surface area contributed by atoms with Crippen LogP contribution >= 0.6 is 0 Å². The van der Waals surface area contributed by atoms with Gasteiger partial charge in [0.2, 0.25) is 11.8 Å². The van der Waals surface area contributed by atoms with Crippen molar-refractivity contribution in [2.75, 3.05) is 30.9 Å². The molecule has 7 nitrogen and oxygen atoms in total. The SMILES string of the molecule is CNc1ncc([N+](=O)[O-])c(N(C)CC(F)F)n1. The minimum Gasteiger partial charge on any atom is -0.357 e. The van der Waals surface area contributed by atoms with E-state index in [0.717, 1.165) is 11.1 Å². The second-order valence-corrected chi connectivity index (χ2v) is 3.18. The summed E-state index contributed by atoms with van der Waals surface area (Å²) in [6.45, 7) is -0.638. The fraction of sp³-hybridized carbons (Fsp3) is 0.500. The number of nitro groups is 1. The van der Waals surface area contributed by atoms with Crippen LogP contribution in [-0.4, -0.2) is 42.0 Å². The summed E-state index contributed by atoms with van der Waals surface area (Å²) in [6.07, 6.45) is -1.62. The zero-order valence-electron chi connectivity index (χ0n) is 9.22. The lowest BCUT2D eigenvalue weighted by Crippen LogP contribution is -2.26. The Morgan fingerprint density at radius 1 is 1.65 bits per heavy atom. The van der Waals surface area contributed by atoms with Crippen molar-refractivity contribution < 1.29 is 13.7 Å². The first-order valence-electron chi connectivity index (χ1n) is 4.64. The first kappa shape index (κ1) is 13.0. The summed E-state index contributed by atoms with van der Waals surface area (Å²) >= 11 is 0. The first-order chi connectivity index (χ1) is 7.95. The quantitative estimate of drug-likeness (QED) is 0.620. The zero-order valence-corrected chi connectivity index (χ0v) is 9.22. The average molecular weight is 247 g/mol. The highest BCUT2D eigenvalue weighted by molar-refractivity contribution is 5.58. The topological polar surface area (TPSA) is 84.2 Å². The van der Waals surface area contributed by atoms with Gasteiger partial charge < -0.3 is 10.2 Å². The van der Waals surface area contributed by atoms with E-state index in [4.69, 9.17) is 0 Å². The molecule has 0 aromatic carbocycles. The molecular formula is C8H11F2N5O2. The van der Waals surface area contributed by atoms with Crippen LogP contribution in [0.3, 0.4) is 0 Å². The molecular weight excluding hydrogens is 236 g/mol. The largest absolute Gasteiger partial charge is 0.357 e. The highest BCUT2D eigenvalue weighted by atomic mass is 19.3. The molecule has 1 rings (SSSR count). The monoisotopic (exact) mass is 247 g/mol. The van der Waals surface area contributed by atoms with E-state index in [9.17, 15) is 18.9 Å². The predicted molar refractivity (Wildman–Crippen MR) is 57.5 cm³/mol. The standard InChI is InChI=1S/C8H11F2N5O2/c1-11-8-12-3-5(15(16)17)7(13-8)14(2)4-6(9)10/h3,6H,4H2,1-2H3,(H,11,12,13). The fourth-order valence-corrected chi connectivity index (χ4v) is 1.19. The van der Waals surface area contributed by atoms with E-state index in [2.05, 4.69) is 15.3 Å². The molecule has 0 aliphatic heterocycles. The van der Waals surface area contributed by atoms with Gasteiger partial charge in [0.15, 0.2) is 0 Å². The summed E-state index contributed by atoms with van der Waals surface area (Å²) in [6, 6.07) is 0. The van der Waals surface area contributed by atoms with Gasteiger partial charge in [-0.15, -0.1) is 0 Å². The predicted octanol–water partition coefficient (Wildman–Crippen LogP) is 1.13. The molecule has 9 heteroatoms. The molecule has 0 unspecified atom stereocenters. The highest BCUT2D eigenvalue weighted by Gasteiger charge is 2.22. The van der Waals surface area contributed by atoms with Crippen molar-refractivity contribution in [2.45, 2.75) is 6.43 Å². The average Bonchev–Trinajstić information content (AvgIpc) is 2.27. The Labute approximate surface area is 95.6 Å². The minimum absolute atomic E-state index is 0.131. The smallest absolute Gasteiger partial charge is 0.329 e. The lowest BCUT2D eigenvalue weighted by molar-refractivity contribution is -0.384. The summed E-state index contributed by atoms with van der Waals surface area (Å²) in [5.41, 5.74) is -0.410. The molecule has 1 heterocycles. The summed E-state index contributed by atoms with van der Waals surface area (Å²) in [7, 11) is 2.83. The van der Waals surface area contributed by atoms with Gasteiger partial charge in [0, 0.05) is 14.1 Å². The third-order valence-electron chi connectivity index (χ3n) is 1.94. The molecule has 0 spiro atoms. The zero-order chi connectivity index (χ0) is 13.0. The number of nitrogens with one attached hydrogen (secondary N) is 1. The third kappa shape index (κ3) is 3.20. The van der Waals surface area contributed by atoms with Gasteiger partial charge in [0.1, 0.15) is 6.20 Å². The number of aromatic nitrogens is 2. The number of hydrogen-bond acceptors (Lipinski definition) is 6. The molecule has 17 heavy (non-hydrogen) atoms. The van der Waals surface area contributed by atoms with Crippen LogP contribution in [-0.2, 0) is 0 Å². The van der Waals surface area contributed by atoms with Gasteiger partial charge in [-0.1, -0.05) is 0 Å². The van der Waals surface area contributed by atoms with Crippen LogP contribution in [0.15, 0.2) is 6.20 Å². The van der Waals surface area contributed by atoms with Crippen LogP contribution in [0.5, 0.6) is 0 Å². The maximum absolute atomic E-state index is 12.2. The van der Waals surface area contributed by atoms with Crippen molar-refractivity contribution in [1.29, 1.82) is 0 Å². The molecule has 0 saturated carbocycles. The van der Waals surface area contributed by atoms with Crippen molar-refractivity contribution in [3.63, 3.8) is 0 Å². The number of rotatable bonds is 5. The summed E-state index contributed by atoms with van der Waals surface area (Å²) in [5, 5.41) is 13.3. The maximum Gasteiger partial charge on any atom is 0.329 e. The van der Waals surface area contributed by atoms with Crippen LogP contribution < -0.4 is 10.2 Å². The molecule has 0 aliphatic rings. The molecule has 0 fully saturated rings. The number of halogens is 2. The summed E-state index contributed by atoms with van der Waals surface area (Å²) in [5.74, 6) is -0.0126. The van der Waals surface area contributed by atoms with E-state index >= 15 is 0 Å². The van der Waals surface area contributed by atoms with Crippen LogP contribution in [0.1, 0.15) is 0 Å². The van der Waals surface area contributed by atoms with Gasteiger partial charge in [0.05, 0.1) is 11.5 Å². The molecule has 0 radical (unpaired) electrons. The molecule has 1 aromatic heterocycles. The molecule has 0 bridgehead atoms. The van der Waals surface area contributed by atoms with Gasteiger partial charge >= 0.3 is 5.69 Å². The third-order valence-corrected chi connectivity index (χ3v) is 1.94. The van der Waals surface area contributed by atoms with Crippen molar-refractivity contribution >= 4 is 17.5 Å². The number of nitrogens with zero attached hydrogens (tertiary/aromatic N) is 4. The number of anilines is 2. The molecule has 0 atom stereocenters. The van der Waals surface area contributed by atoms with Crippen molar-refractivity contribution in [3.05, 3.63) is 16.3 Å². The Kier molecular flexibility index (Phi) is 4.07. The van der Waals surface area contributed by atoms with Crippen LogP contribution in [0.4, 0.5) is 26.2 Å². The van der Waals surface area contributed by atoms with Crippen molar-refractivity contribution in [1.82, 2.24) is 9.97 Å². The molecule has 0 aliphatic carbocycles. The van der Waals surface area contributed by atoms with E-state index in [1.807, 2.05) is 0 Å². The van der Waals surface area contributed by atoms with Crippen LogP contribution in [0.2, 0.25) is 0 Å². The van der Waals surface area contributed by atoms with E-state index < -0.39 is 23.6 Å². The number of alkyl halides is 2. The van der Waals surface area contributed by atoms with Crippen molar-refractivity contribution in [2.24, 2.45) is 0 Å². The van der Waals surface area contributed by atoms with E-state index in [-0.39, 0.29) is 11.8 Å². The molecule has 0 amide bonds. The number of hydrogen-bond donors (Lipinski definition) is 1. The summed E-state index contributed by atoms with van der Waals surface area (Å²) in [4.78, 5) is 18.5. The van der Waals surface area contributed by atoms with Crippen LogP contribution in [0, 0.1) is 10.1 Å². The molecule has 0 saturated heterocycles. The maximum atomic E-state index is 12.2. The Hall–Kier alpha value is -2.06. The van der Waals surface area contributed by atoms with Gasteiger partial charge in [-0.25, -0.2) is 13.8 Å². The van der Waals surface area contributed by atoms with Crippen molar-refractivity contribution in [3.8, 4) is 0 Å². The van der Waals surface area contributed by atoms with Gasteiger partial charge in [-0.05, 0) is 0 Å². The van der Waals surface area contributed by atoms with Gasteiger partial charge in [-0.3, -0.25) is 10.1 Å². The molecule has 94 valence electrons. The highest BCUT2D eigenvalue weighted by Crippen LogP contribution is 2.25. The second-order valence-electron chi connectivity index (χ2n) is 3.18. The fourth-order valence-electron chi connectivity index (χ4n) is 1.19. The molecule has 1 N–H and O–H groups in total. The van der Waals surface area contributed by atoms with Gasteiger partial charge in [0.25, 0.3) is 6.43 Å². The van der Waals surface area contributed by atoms with Crippen LogP contribution in [0.25, 0.3) is 0 Å². The van der Waals surface area contributed by atoms with Gasteiger partial charge in [-0.2, -0.15) is 4.98 Å². The van der Waals surface area contributed by atoms with E-state index in [0.29, 0.717) is 0 Å². The lowest BCUT2D eigenvalue weighted by Gasteiger charge is -2.17. The van der Waals surface area contributed by atoms with E-state index in [1.54, 1.807) is 0 Å². The Bertz CT molecular complexity index is 415. The minimum atomic E-state index is -2.60.